The predicted molar refractivity (Wildman–Crippen MR) is 83.1 cm³/mol. The van der Waals surface area contributed by atoms with Gasteiger partial charge in [-0.15, -0.1) is 0 Å². The van der Waals surface area contributed by atoms with E-state index in [1.165, 1.54) is 44.9 Å². The Bertz CT molecular complexity index is 261. The molecule has 0 aromatic heterocycles. The number of aliphatic imine (C=N–C) groups is 1. The van der Waals surface area contributed by atoms with E-state index in [1.54, 1.807) is 6.21 Å². The Balaban J connectivity index is -0.00000162. The minimum Gasteiger partial charge on any atom is -1.00 e. The molecule has 1 atom stereocenters. The summed E-state index contributed by atoms with van der Waals surface area (Å²) in [7, 11) is 0. The maximum Gasteiger partial charge on any atom is 1.00 e. The van der Waals surface area contributed by atoms with Gasteiger partial charge in [0.15, 0.2) is 0 Å². The van der Waals surface area contributed by atoms with Gasteiger partial charge in [0.05, 0.1) is 0 Å². The number of aliphatic carboxylic acids is 1. The van der Waals surface area contributed by atoms with Crippen molar-refractivity contribution in [2.45, 2.75) is 84.6 Å². The van der Waals surface area contributed by atoms with E-state index in [2.05, 4.69) is 11.9 Å². The molecular formula is C16H32NNaO2. The Hall–Kier alpha value is 0.140. The van der Waals surface area contributed by atoms with Gasteiger partial charge in [-0.3, -0.25) is 4.99 Å². The van der Waals surface area contributed by atoms with Crippen LogP contribution in [0, 0.1) is 5.92 Å². The molecule has 0 spiro atoms. The Morgan fingerprint density at radius 1 is 1.10 bits per heavy atom. The molecule has 0 aromatic carbocycles. The first-order chi connectivity index (χ1) is 9.09. The molecule has 0 radical (unpaired) electrons. The minimum atomic E-state index is -0.817. The zero-order valence-corrected chi connectivity index (χ0v) is 15.9. The summed E-state index contributed by atoms with van der Waals surface area (Å²) in [4.78, 5) is 15.1. The van der Waals surface area contributed by atoms with E-state index in [0.717, 1.165) is 12.8 Å². The minimum absolute atomic E-state index is 0. The van der Waals surface area contributed by atoms with Gasteiger partial charge in [-0.05, 0) is 25.0 Å². The standard InChI is InChI=1S/C16H31NO2.Na.H/c1-4-5-6-7-8-9-10-11-12-13-17-15(14(2)3)16(18)19;;/h13-15H,4-12H2,1-3H3,(H,18,19);;/q;+1;-1/t15-;;/m0../s1. The van der Waals surface area contributed by atoms with Crippen molar-refractivity contribution in [2.75, 3.05) is 0 Å². The molecule has 0 fully saturated rings. The number of rotatable bonds is 12. The van der Waals surface area contributed by atoms with Crippen LogP contribution >= 0.6 is 0 Å². The molecule has 0 aliphatic rings. The maximum atomic E-state index is 10.9. The van der Waals surface area contributed by atoms with Crippen LogP contribution < -0.4 is 29.6 Å². The van der Waals surface area contributed by atoms with Gasteiger partial charge in [0, 0.05) is 0 Å². The fourth-order valence-electron chi connectivity index (χ4n) is 2.08. The first-order valence-electron chi connectivity index (χ1n) is 7.84. The Morgan fingerprint density at radius 3 is 2.05 bits per heavy atom. The Labute approximate surface area is 148 Å². The quantitative estimate of drug-likeness (QED) is 0.339. The molecule has 0 bridgehead atoms. The van der Waals surface area contributed by atoms with E-state index in [4.69, 9.17) is 5.11 Å². The molecule has 0 heterocycles. The fraction of sp³-hybridized carbons (Fsp3) is 0.875. The summed E-state index contributed by atoms with van der Waals surface area (Å²) in [6, 6.07) is -0.575. The number of carbonyl (C=O) groups is 1. The normalized spacial score (nSPS) is 12.6. The van der Waals surface area contributed by atoms with Gasteiger partial charge in [0.2, 0.25) is 0 Å². The summed E-state index contributed by atoms with van der Waals surface area (Å²) in [5.74, 6) is -0.755. The van der Waals surface area contributed by atoms with Crippen LogP contribution in [0.15, 0.2) is 4.99 Å². The number of hydrogen-bond donors (Lipinski definition) is 1. The zero-order chi connectivity index (χ0) is 14.5. The smallest absolute Gasteiger partial charge is 1.00 e. The molecule has 0 amide bonds. The molecule has 0 rings (SSSR count). The van der Waals surface area contributed by atoms with Crippen molar-refractivity contribution < 1.29 is 40.9 Å². The van der Waals surface area contributed by atoms with Crippen LogP contribution in [0.4, 0.5) is 0 Å². The number of nitrogens with zero attached hydrogens (tertiary/aromatic N) is 1. The molecule has 114 valence electrons. The molecule has 1 N–H and O–H groups in total. The number of carboxylic acid groups (broad SMARTS) is 1. The number of carboxylic acids is 1. The molecule has 0 aromatic rings. The monoisotopic (exact) mass is 293 g/mol. The van der Waals surface area contributed by atoms with E-state index in [0.29, 0.717) is 0 Å². The molecule has 0 saturated carbocycles. The molecule has 0 unspecified atom stereocenters. The Morgan fingerprint density at radius 2 is 1.60 bits per heavy atom. The van der Waals surface area contributed by atoms with Crippen LogP contribution in [-0.4, -0.2) is 23.3 Å². The van der Waals surface area contributed by atoms with Gasteiger partial charge < -0.3 is 6.53 Å². The summed E-state index contributed by atoms with van der Waals surface area (Å²) >= 11 is 0. The third-order valence-electron chi connectivity index (χ3n) is 3.34. The SMILES string of the molecule is CCCCCCCCCCC=N[C@H](C(=O)O)C(C)C.[H-].[Na+]. The van der Waals surface area contributed by atoms with E-state index < -0.39 is 12.0 Å². The first kappa shape index (κ1) is 22.4. The number of unbranched alkanes of at least 4 members (excludes halogenated alkanes) is 8. The van der Waals surface area contributed by atoms with Crippen molar-refractivity contribution in [3.05, 3.63) is 0 Å². The number of hydrogen-bond acceptors (Lipinski definition) is 2. The molecule has 0 aliphatic heterocycles. The molecule has 0 saturated heterocycles. The van der Waals surface area contributed by atoms with Crippen molar-refractivity contribution >= 4 is 12.2 Å². The summed E-state index contributed by atoms with van der Waals surface area (Å²) in [6.07, 6.45) is 13.1. The summed E-state index contributed by atoms with van der Waals surface area (Å²) < 4.78 is 0. The molecule has 4 heteroatoms. The second kappa shape index (κ2) is 15.5. The zero-order valence-electron chi connectivity index (χ0n) is 14.9. The van der Waals surface area contributed by atoms with Crippen molar-refractivity contribution in [1.82, 2.24) is 0 Å². The largest absolute Gasteiger partial charge is 1.00 e. The van der Waals surface area contributed by atoms with Crippen molar-refractivity contribution in [3.63, 3.8) is 0 Å². The predicted octanol–water partition coefficient (Wildman–Crippen LogP) is 1.81. The average molecular weight is 293 g/mol. The van der Waals surface area contributed by atoms with E-state index in [1.807, 2.05) is 13.8 Å². The van der Waals surface area contributed by atoms with E-state index in [9.17, 15) is 4.79 Å². The van der Waals surface area contributed by atoms with Crippen LogP contribution in [0.2, 0.25) is 0 Å². The van der Waals surface area contributed by atoms with Gasteiger partial charge >= 0.3 is 35.5 Å². The maximum absolute atomic E-state index is 10.9. The van der Waals surface area contributed by atoms with Crippen molar-refractivity contribution in [1.29, 1.82) is 0 Å². The van der Waals surface area contributed by atoms with Gasteiger partial charge in [-0.2, -0.15) is 0 Å². The summed E-state index contributed by atoms with van der Waals surface area (Å²) in [5, 5.41) is 8.97. The van der Waals surface area contributed by atoms with Crippen LogP contribution in [0.1, 0.15) is 80.0 Å². The molecule has 0 aliphatic carbocycles. The van der Waals surface area contributed by atoms with Crippen molar-refractivity contribution in [2.24, 2.45) is 10.9 Å². The molecule has 3 nitrogen and oxygen atoms in total. The second-order valence-electron chi connectivity index (χ2n) is 5.62. The average Bonchev–Trinajstić information content (AvgIpc) is 2.35. The molecule has 20 heavy (non-hydrogen) atoms. The fourth-order valence-corrected chi connectivity index (χ4v) is 2.08. The van der Waals surface area contributed by atoms with Crippen LogP contribution in [-0.2, 0) is 4.79 Å². The van der Waals surface area contributed by atoms with E-state index >= 15 is 0 Å². The van der Waals surface area contributed by atoms with Crippen molar-refractivity contribution in [3.8, 4) is 0 Å². The van der Waals surface area contributed by atoms with Gasteiger partial charge in [-0.1, -0.05) is 65.7 Å². The Kier molecular flexibility index (Phi) is 17.4. The van der Waals surface area contributed by atoms with Gasteiger partial charge in [0.1, 0.15) is 6.04 Å². The van der Waals surface area contributed by atoms with Crippen LogP contribution in [0.25, 0.3) is 0 Å². The van der Waals surface area contributed by atoms with Gasteiger partial charge in [0.25, 0.3) is 0 Å². The third kappa shape index (κ3) is 13.1. The second-order valence-corrected chi connectivity index (χ2v) is 5.62. The molecular weight excluding hydrogens is 261 g/mol. The summed E-state index contributed by atoms with van der Waals surface area (Å²) in [6.45, 7) is 6.03. The van der Waals surface area contributed by atoms with E-state index in [-0.39, 0.29) is 36.9 Å². The van der Waals surface area contributed by atoms with Crippen LogP contribution in [0.5, 0.6) is 0 Å². The van der Waals surface area contributed by atoms with Gasteiger partial charge in [-0.25, -0.2) is 4.79 Å². The van der Waals surface area contributed by atoms with Crippen LogP contribution in [0.3, 0.4) is 0 Å². The summed E-state index contributed by atoms with van der Waals surface area (Å²) in [5.41, 5.74) is 0. The third-order valence-corrected chi connectivity index (χ3v) is 3.34. The first-order valence-corrected chi connectivity index (χ1v) is 7.84. The topological polar surface area (TPSA) is 49.7 Å².